The first-order valence-electron chi connectivity index (χ1n) is 7.77. The molecule has 2 rings (SSSR count). The van der Waals surface area contributed by atoms with E-state index in [0.717, 1.165) is 31.5 Å². The Kier molecular flexibility index (Phi) is 6.21. The van der Waals surface area contributed by atoms with Crippen molar-refractivity contribution in [2.75, 3.05) is 26.3 Å². The zero-order chi connectivity index (χ0) is 15.1. The molecule has 0 bridgehead atoms. The van der Waals surface area contributed by atoms with E-state index in [1.54, 1.807) is 0 Å². The molecule has 1 atom stereocenters. The van der Waals surface area contributed by atoms with Crippen molar-refractivity contribution < 1.29 is 14.6 Å². The van der Waals surface area contributed by atoms with Crippen LogP contribution in [0, 0.1) is 5.92 Å². The van der Waals surface area contributed by atoms with Gasteiger partial charge in [0.05, 0.1) is 19.6 Å². The summed E-state index contributed by atoms with van der Waals surface area (Å²) in [5.74, 6) is 0.727. The number of likely N-dealkylation sites (tertiary alicyclic amines) is 1. The Labute approximate surface area is 126 Å². The van der Waals surface area contributed by atoms with Gasteiger partial charge in [-0.05, 0) is 36.8 Å². The molecule has 1 N–H and O–H groups in total. The van der Waals surface area contributed by atoms with Gasteiger partial charge in [-0.15, -0.1) is 0 Å². The van der Waals surface area contributed by atoms with E-state index in [9.17, 15) is 9.90 Å². The molecule has 21 heavy (non-hydrogen) atoms. The van der Waals surface area contributed by atoms with Gasteiger partial charge in [0, 0.05) is 19.7 Å². The molecule has 0 spiro atoms. The second-order valence-corrected chi connectivity index (χ2v) is 5.62. The van der Waals surface area contributed by atoms with Gasteiger partial charge in [-0.1, -0.05) is 24.3 Å². The zero-order valence-electron chi connectivity index (χ0n) is 12.8. The van der Waals surface area contributed by atoms with Crippen LogP contribution in [0.15, 0.2) is 24.3 Å². The summed E-state index contributed by atoms with van der Waals surface area (Å²) in [6.45, 7) is 4.91. The fourth-order valence-corrected chi connectivity index (χ4v) is 2.88. The van der Waals surface area contributed by atoms with Crippen LogP contribution < -0.4 is 0 Å². The van der Waals surface area contributed by atoms with Crippen molar-refractivity contribution in [2.24, 2.45) is 5.92 Å². The fraction of sp³-hybridized carbons (Fsp3) is 0.588. The maximum absolute atomic E-state index is 12.0. The number of benzene rings is 1. The highest BCUT2D eigenvalue weighted by Crippen LogP contribution is 2.22. The third-order valence-corrected chi connectivity index (χ3v) is 4.00. The Morgan fingerprint density at radius 1 is 1.43 bits per heavy atom. The molecule has 1 aromatic carbocycles. The first kappa shape index (κ1) is 16.0. The summed E-state index contributed by atoms with van der Waals surface area (Å²) in [6, 6.07) is 8.07. The lowest BCUT2D eigenvalue weighted by atomic mass is 9.97. The Morgan fingerprint density at radius 2 is 2.24 bits per heavy atom. The molecule has 1 amide bonds. The predicted octanol–water partition coefficient (Wildman–Crippen LogP) is 2.00. The Morgan fingerprint density at radius 3 is 3.00 bits per heavy atom. The van der Waals surface area contributed by atoms with E-state index in [1.807, 2.05) is 24.0 Å². The van der Waals surface area contributed by atoms with E-state index in [4.69, 9.17) is 4.74 Å². The average molecular weight is 291 g/mol. The highest BCUT2D eigenvalue weighted by atomic mass is 16.5. The van der Waals surface area contributed by atoms with Crippen LogP contribution in [0.4, 0.5) is 0 Å². The molecule has 4 heteroatoms. The standard InChI is InChI=1S/C17H25NO3/c1-2-21-9-7-17(20)18-8-6-15(12-18)10-14-4-3-5-16(11-14)13-19/h3-5,11,15,19H,2,6-10,12-13H2,1H3/t15-/m0/s1. The average Bonchev–Trinajstić information content (AvgIpc) is 2.96. The highest BCUT2D eigenvalue weighted by Gasteiger charge is 2.25. The summed E-state index contributed by atoms with van der Waals surface area (Å²) in [7, 11) is 0. The van der Waals surface area contributed by atoms with E-state index < -0.39 is 0 Å². The Bertz CT molecular complexity index is 461. The van der Waals surface area contributed by atoms with Crippen LogP contribution in [-0.4, -0.2) is 42.2 Å². The van der Waals surface area contributed by atoms with Crippen molar-refractivity contribution in [3.8, 4) is 0 Å². The van der Waals surface area contributed by atoms with Crippen LogP contribution in [-0.2, 0) is 22.6 Å². The summed E-state index contributed by atoms with van der Waals surface area (Å²) in [5, 5.41) is 9.18. The van der Waals surface area contributed by atoms with Gasteiger partial charge in [-0.2, -0.15) is 0 Å². The minimum absolute atomic E-state index is 0.0839. The molecule has 0 aliphatic carbocycles. The number of nitrogens with zero attached hydrogens (tertiary/aromatic N) is 1. The molecule has 0 aromatic heterocycles. The van der Waals surface area contributed by atoms with Crippen molar-refractivity contribution in [2.45, 2.75) is 32.8 Å². The quantitative estimate of drug-likeness (QED) is 0.782. The summed E-state index contributed by atoms with van der Waals surface area (Å²) < 4.78 is 5.24. The van der Waals surface area contributed by atoms with Crippen LogP contribution in [0.2, 0.25) is 0 Å². The summed E-state index contributed by atoms with van der Waals surface area (Å²) >= 11 is 0. The number of amides is 1. The van der Waals surface area contributed by atoms with E-state index >= 15 is 0 Å². The van der Waals surface area contributed by atoms with Gasteiger partial charge in [-0.3, -0.25) is 4.79 Å². The van der Waals surface area contributed by atoms with Gasteiger partial charge in [0.25, 0.3) is 0 Å². The predicted molar refractivity (Wildman–Crippen MR) is 81.9 cm³/mol. The largest absolute Gasteiger partial charge is 0.392 e. The third-order valence-electron chi connectivity index (χ3n) is 4.00. The lowest BCUT2D eigenvalue weighted by molar-refractivity contribution is -0.131. The molecular weight excluding hydrogens is 266 g/mol. The van der Waals surface area contributed by atoms with Gasteiger partial charge >= 0.3 is 0 Å². The Hall–Kier alpha value is -1.39. The number of aliphatic hydroxyl groups is 1. The number of hydrogen-bond donors (Lipinski definition) is 1. The van der Waals surface area contributed by atoms with Crippen molar-refractivity contribution in [3.63, 3.8) is 0 Å². The maximum Gasteiger partial charge on any atom is 0.224 e. The van der Waals surface area contributed by atoms with Gasteiger partial charge in [0.2, 0.25) is 5.91 Å². The number of aliphatic hydroxyl groups excluding tert-OH is 1. The van der Waals surface area contributed by atoms with Crippen LogP contribution in [0.1, 0.15) is 30.9 Å². The second kappa shape index (κ2) is 8.15. The van der Waals surface area contributed by atoms with Gasteiger partial charge in [0.15, 0.2) is 0 Å². The normalized spacial score (nSPS) is 18.2. The molecule has 0 unspecified atom stereocenters. The summed E-state index contributed by atoms with van der Waals surface area (Å²) in [5.41, 5.74) is 2.20. The van der Waals surface area contributed by atoms with Gasteiger partial charge in [0.1, 0.15) is 0 Å². The number of hydrogen-bond acceptors (Lipinski definition) is 3. The van der Waals surface area contributed by atoms with E-state index in [-0.39, 0.29) is 12.5 Å². The lowest BCUT2D eigenvalue weighted by Crippen LogP contribution is -2.29. The smallest absolute Gasteiger partial charge is 0.224 e. The van der Waals surface area contributed by atoms with Gasteiger partial charge in [-0.25, -0.2) is 0 Å². The zero-order valence-corrected chi connectivity index (χ0v) is 12.8. The molecule has 1 saturated heterocycles. The van der Waals surface area contributed by atoms with Crippen molar-refractivity contribution in [1.29, 1.82) is 0 Å². The molecular formula is C17H25NO3. The van der Waals surface area contributed by atoms with Crippen molar-refractivity contribution in [3.05, 3.63) is 35.4 Å². The molecule has 1 fully saturated rings. The number of ether oxygens (including phenoxy) is 1. The second-order valence-electron chi connectivity index (χ2n) is 5.62. The summed E-state index contributed by atoms with van der Waals surface area (Å²) in [6.07, 6.45) is 2.52. The minimum Gasteiger partial charge on any atom is -0.392 e. The topological polar surface area (TPSA) is 49.8 Å². The van der Waals surface area contributed by atoms with Gasteiger partial charge < -0.3 is 14.7 Å². The maximum atomic E-state index is 12.0. The van der Waals surface area contributed by atoms with Crippen molar-refractivity contribution >= 4 is 5.91 Å². The number of carbonyl (C=O) groups excluding carboxylic acids is 1. The van der Waals surface area contributed by atoms with E-state index in [2.05, 4.69) is 12.1 Å². The highest BCUT2D eigenvalue weighted by molar-refractivity contribution is 5.76. The number of rotatable bonds is 7. The molecule has 4 nitrogen and oxygen atoms in total. The minimum atomic E-state index is 0.0839. The molecule has 1 aliphatic heterocycles. The van der Waals surface area contributed by atoms with Crippen LogP contribution in [0.5, 0.6) is 0 Å². The van der Waals surface area contributed by atoms with Crippen LogP contribution in [0.3, 0.4) is 0 Å². The molecule has 1 heterocycles. The van der Waals surface area contributed by atoms with Crippen LogP contribution in [0.25, 0.3) is 0 Å². The lowest BCUT2D eigenvalue weighted by Gasteiger charge is -2.16. The molecule has 0 radical (unpaired) electrons. The fourth-order valence-electron chi connectivity index (χ4n) is 2.88. The molecule has 0 saturated carbocycles. The molecule has 116 valence electrons. The van der Waals surface area contributed by atoms with Crippen molar-refractivity contribution in [1.82, 2.24) is 4.90 Å². The number of carbonyl (C=O) groups is 1. The first-order valence-corrected chi connectivity index (χ1v) is 7.77. The Balaban J connectivity index is 1.80. The summed E-state index contributed by atoms with van der Waals surface area (Å²) in [4.78, 5) is 14.0. The van der Waals surface area contributed by atoms with Crippen LogP contribution >= 0.6 is 0 Å². The van der Waals surface area contributed by atoms with E-state index in [1.165, 1.54) is 5.56 Å². The van der Waals surface area contributed by atoms with E-state index in [0.29, 0.717) is 25.6 Å². The third kappa shape index (κ3) is 4.83. The monoisotopic (exact) mass is 291 g/mol. The molecule has 1 aliphatic rings. The SMILES string of the molecule is CCOCCC(=O)N1CC[C@@H](Cc2cccc(CO)c2)C1. The molecule has 1 aromatic rings. The first-order chi connectivity index (χ1) is 10.2.